The van der Waals surface area contributed by atoms with Crippen molar-refractivity contribution in [2.24, 2.45) is 0 Å². The molecule has 2 heterocycles. The molecule has 0 aliphatic rings. The third kappa shape index (κ3) is 3.65. The zero-order valence-electron chi connectivity index (χ0n) is 13.2. The first-order valence-electron chi connectivity index (χ1n) is 7.55. The van der Waals surface area contributed by atoms with Crippen LogP contribution in [0.3, 0.4) is 0 Å². The van der Waals surface area contributed by atoms with E-state index in [0.29, 0.717) is 33.7 Å². The molecule has 1 atom stereocenters. The number of carbonyl (C=O) groups is 1. The summed E-state index contributed by atoms with van der Waals surface area (Å²) in [4.78, 5) is 20.1. The number of rotatable bonds is 5. The summed E-state index contributed by atoms with van der Waals surface area (Å²) in [5.74, 6) is -0.179. The van der Waals surface area contributed by atoms with Gasteiger partial charge in [0.1, 0.15) is 0 Å². The smallest absolute Gasteiger partial charge is 0.328 e. The number of hydrogen-bond acceptors (Lipinski definition) is 4. The van der Waals surface area contributed by atoms with Crippen LogP contribution >= 0.6 is 23.2 Å². The molecule has 3 rings (SSSR count). The maximum atomic E-state index is 11.6. The summed E-state index contributed by atoms with van der Waals surface area (Å²) in [5, 5.41) is 14.8. The monoisotopic (exact) mass is 376 g/mol. The maximum Gasteiger partial charge on any atom is 0.328 e. The normalized spacial score (nSPS) is 12.1. The molecule has 1 unspecified atom stereocenters. The molecule has 0 spiro atoms. The minimum absolute atomic E-state index is 0.357. The van der Waals surface area contributed by atoms with Gasteiger partial charge < -0.3 is 5.11 Å². The van der Waals surface area contributed by atoms with E-state index in [1.54, 1.807) is 49.6 Å². The molecule has 25 heavy (non-hydrogen) atoms. The molecule has 8 heteroatoms. The highest BCUT2D eigenvalue weighted by Crippen LogP contribution is 2.30. The molecule has 2 aromatic heterocycles. The number of pyridine rings is 1. The average molecular weight is 377 g/mol. The number of nitrogens with zero attached hydrogens (tertiary/aromatic N) is 4. The number of hydrogen-bond donors (Lipinski definition) is 1. The second kappa shape index (κ2) is 7.21. The number of aliphatic carboxylic acids is 1. The summed E-state index contributed by atoms with van der Waals surface area (Å²) in [6, 6.07) is 7.63. The van der Waals surface area contributed by atoms with Gasteiger partial charge in [-0.15, -0.1) is 5.10 Å². The number of benzene rings is 1. The zero-order chi connectivity index (χ0) is 18.0. The molecular formula is C17H14Cl2N4O2. The van der Waals surface area contributed by atoms with Gasteiger partial charge in [0, 0.05) is 33.6 Å². The van der Waals surface area contributed by atoms with Crippen molar-refractivity contribution in [3.63, 3.8) is 0 Å². The SMILES string of the molecule is CCC(C(=O)O)n1nc(-c2ccncc2)nc1-c1cc(Cl)cc(Cl)c1. The van der Waals surface area contributed by atoms with E-state index in [2.05, 4.69) is 15.1 Å². The van der Waals surface area contributed by atoms with Crippen molar-refractivity contribution in [2.75, 3.05) is 0 Å². The minimum Gasteiger partial charge on any atom is -0.480 e. The van der Waals surface area contributed by atoms with Crippen LogP contribution in [0.25, 0.3) is 22.8 Å². The first-order chi connectivity index (χ1) is 12.0. The molecule has 0 saturated carbocycles. The van der Waals surface area contributed by atoms with Crippen molar-refractivity contribution in [3.8, 4) is 22.8 Å². The van der Waals surface area contributed by atoms with Crippen molar-refractivity contribution in [1.82, 2.24) is 19.7 Å². The molecule has 6 nitrogen and oxygen atoms in total. The van der Waals surface area contributed by atoms with E-state index in [1.807, 2.05) is 0 Å². The average Bonchev–Trinajstić information content (AvgIpc) is 3.00. The van der Waals surface area contributed by atoms with Crippen molar-refractivity contribution in [2.45, 2.75) is 19.4 Å². The van der Waals surface area contributed by atoms with Crippen molar-refractivity contribution in [3.05, 3.63) is 52.8 Å². The third-order valence-corrected chi connectivity index (χ3v) is 4.09. The standard InChI is InChI=1S/C17H14Cl2N4O2/c1-2-14(17(24)25)23-16(11-7-12(18)9-13(19)8-11)21-15(22-23)10-3-5-20-6-4-10/h3-9,14H,2H2,1H3,(H,24,25). The van der Waals surface area contributed by atoms with Gasteiger partial charge in [-0.3, -0.25) is 4.98 Å². The van der Waals surface area contributed by atoms with Gasteiger partial charge in [0.2, 0.25) is 0 Å². The van der Waals surface area contributed by atoms with Gasteiger partial charge in [-0.2, -0.15) is 0 Å². The van der Waals surface area contributed by atoms with Crippen LogP contribution < -0.4 is 0 Å². The maximum absolute atomic E-state index is 11.6. The molecule has 3 aromatic rings. The summed E-state index contributed by atoms with van der Waals surface area (Å²) in [5.41, 5.74) is 1.34. The molecule has 1 N–H and O–H groups in total. The highest BCUT2D eigenvalue weighted by molar-refractivity contribution is 6.35. The van der Waals surface area contributed by atoms with Gasteiger partial charge in [0.05, 0.1) is 0 Å². The second-order valence-electron chi connectivity index (χ2n) is 5.36. The molecular weight excluding hydrogens is 363 g/mol. The first kappa shape index (κ1) is 17.4. The molecule has 0 amide bonds. The fourth-order valence-electron chi connectivity index (χ4n) is 2.50. The van der Waals surface area contributed by atoms with Crippen LogP contribution in [0.1, 0.15) is 19.4 Å². The Morgan fingerprint density at radius 2 is 1.80 bits per heavy atom. The Bertz CT molecular complexity index is 892. The summed E-state index contributed by atoms with van der Waals surface area (Å²) < 4.78 is 1.40. The van der Waals surface area contributed by atoms with Crippen LogP contribution in [-0.4, -0.2) is 30.8 Å². The fourth-order valence-corrected chi connectivity index (χ4v) is 3.02. The number of carboxylic acids is 1. The number of carboxylic acid groups (broad SMARTS) is 1. The van der Waals surface area contributed by atoms with Crippen LogP contribution in [0.2, 0.25) is 10.0 Å². The Balaban J connectivity index is 2.21. The largest absolute Gasteiger partial charge is 0.480 e. The highest BCUT2D eigenvalue weighted by atomic mass is 35.5. The Labute approximate surface area is 154 Å². The fraction of sp³-hybridized carbons (Fsp3) is 0.176. The molecule has 0 aliphatic heterocycles. The molecule has 0 saturated heterocycles. The van der Waals surface area contributed by atoms with Gasteiger partial charge in [-0.05, 0) is 36.8 Å². The minimum atomic E-state index is -0.983. The van der Waals surface area contributed by atoms with Crippen molar-refractivity contribution >= 4 is 29.2 Å². The van der Waals surface area contributed by atoms with Crippen molar-refractivity contribution < 1.29 is 9.90 Å². The lowest BCUT2D eigenvalue weighted by atomic mass is 10.2. The van der Waals surface area contributed by atoms with E-state index >= 15 is 0 Å². The lowest BCUT2D eigenvalue weighted by Crippen LogP contribution is -2.20. The lowest BCUT2D eigenvalue weighted by molar-refractivity contribution is -0.141. The zero-order valence-corrected chi connectivity index (χ0v) is 14.7. The van der Waals surface area contributed by atoms with Crippen molar-refractivity contribution in [1.29, 1.82) is 0 Å². The Morgan fingerprint density at radius 1 is 1.16 bits per heavy atom. The molecule has 0 bridgehead atoms. The number of aromatic nitrogens is 4. The van der Waals surface area contributed by atoms with Gasteiger partial charge >= 0.3 is 5.97 Å². The third-order valence-electron chi connectivity index (χ3n) is 3.66. The molecule has 0 fully saturated rings. The summed E-state index contributed by atoms with van der Waals surface area (Å²) in [7, 11) is 0. The van der Waals surface area contributed by atoms with E-state index in [9.17, 15) is 9.90 Å². The second-order valence-corrected chi connectivity index (χ2v) is 6.23. The van der Waals surface area contributed by atoms with Crippen LogP contribution in [0.15, 0.2) is 42.7 Å². The Hall–Kier alpha value is -2.44. The van der Waals surface area contributed by atoms with Crippen LogP contribution in [0, 0.1) is 0 Å². The van der Waals surface area contributed by atoms with E-state index in [-0.39, 0.29) is 0 Å². The predicted molar refractivity (Wildman–Crippen MR) is 95.7 cm³/mol. The first-order valence-corrected chi connectivity index (χ1v) is 8.31. The van der Waals surface area contributed by atoms with E-state index in [1.165, 1.54) is 4.68 Å². The summed E-state index contributed by atoms with van der Waals surface area (Å²) in [6.45, 7) is 1.78. The Kier molecular flexibility index (Phi) is 5.01. The van der Waals surface area contributed by atoms with E-state index in [4.69, 9.17) is 23.2 Å². The van der Waals surface area contributed by atoms with Gasteiger partial charge in [-0.1, -0.05) is 30.1 Å². The van der Waals surface area contributed by atoms with Crippen LogP contribution in [0.4, 0.5) is 0 Å². The quantitative estimate of drug-likeness (QED) is 0.715. The molecule has 1 aromatic carbocycles. The number of halogens is 2. The summed E-state index contributed by atoms with van der Waals surface area (Å²) >= 11 is 12.2. The topological polar surface area (TPSA) is 80.9 Å². The van der Waals surface area contributed by atoms with Crippen LogP contribution in [0.5, 0.6) is 0 Å². The van der Waals surface area contributed by atoms with E-state index in [0.717, 1.165) is 5.56 Å². The van der Waals surface area contributed by atoms with Gasteiger partial charge in [0.25, 0.3) is 0 Å². The molecule has 0 radical (unpaired) electrons. The van der Waals surface area contributed by atoms with Crippen LogP contribution in [-0.2, 0) is 4.79 Å². The molecule has 128 valence electrons. The Morgan fingerprint density at radius 3 is 2.36 bits per heavy atom. The van der Waals surface area contributed by atoms with E-state index < -0.39 is 12.0 Å². The summed E-state index contributed by atoms with van der Waals surface area (Å²) in [6.07, 6.45) is 3.61. The van der Waals surface area contributed by atoms with Gasteiger partial charge in [0.15, 0.2) is 17.7 Å². The predicted octanol–water partition coefficient (Wildman–Crippen LogP) is 4.35. The lowest BCUT2D eigenvalue weighted by Gasteiger charge is -2.13. The molecule has 0 aliphatic carbocycles. The van der Waals surface area contributed by atoms with Gasteiger partial charge in [-0.25, -0.2) is 14.5 Å². The highest BCUT2D eigenvalue weighted by Gasteiger charge is 2.25.